The molecule has 0 saturated carbocycles. The maximum atomic E-state index is 12.1. The van der Waals surface area contributed by atoms with Gasteiger partial charge in [-0.1, -0.05) is 17.7 Å². The molecule has 0 unspecified atom stereocenters. The molecule has 0 aliphatic heterocycles. The zero-order chi connectivity index (χ0) is 14.0. The van der Waals surface area contributed by atoms with Crippen molar-refractivity contribution in [2.75, 3.05) is 5.73 Å². The van der Waals surface area contributed by atoms with Crippen molar-refractivity contribution in [2.24, 2.45) is 0 Å². The van der Waals surface area contributed by atoms with Gasteiger partial charge in [-0.2, -0.15) is 18.6 Å². The van der Waals surface area contributed by atoms with Gasteiger partial charge in [0.25, 0.3) is 5.56 Å². The summed E-state index contributed by atoms with van der Waals surface area (Å²) in [6.07, 6.45) is 1.20. The number of alkyl halides is 2. The van der Waals surface area contributed by atoms with Crippen LogP contribution in [0.15, 0.2) is 35.3 Å². The SMILES string of the molecule is Nc1cnn(-c2cccc(OC(F)F)c2)c(=O)c1Cl. The number of anilines is 1. The molecule has 0 bridgehead atoms. The summed E-state index contributed by atoms with van der Waals surface area (Å²) in [6.45, 7) is -2.95. The van der Waals surface area contributed by atoms with Gasteiger partial charge in [0.05, 0.1) is 17.6 Å². The van der Waals surface area contributed by atoms with Crippen LogP contribution in [-0.2, 0) is 0 Å². The molecule has 0 fully saturated rings. The Morgan fingerprint density at radius 3 is 2.84 bits per heavy atom. The predicted molar refractivity (Wildman–Crippen MR) is 65.9 cm³/mol. The van der Waals surface area contributed by atoms with Gasteiger partial charge in [-0.05, 0) is 12.1 Å². The molecule has 1 aromatic carbocycles. The third-order valence-corrected chi connectivity index (χ3v) is 2.61. The van der Waals surface area contributed by atoms with Crippen molar-refractivity contribution in [3.8, 4) is 11.4 Å². The van der Waals surface area contributed by atoms with Crippen molar-refractivity contribution in [1.29, 1.82) is 0 Å². The van der Waals surface area contributed by atoms with Crippen LogP contribution in [0.3, 0.4) is 0 Å². The molecule has 0 amide bonds. The van der Waals surface area contributed by atoms with Gasteiger partial charge in [0.2, 0.25) is 0 Å². The fourth-order valence-electron chi connectivity index (χ4n) is 1.42. The first-order chi connectivity index (χ1) is 8.99. The first-order valence-electron chi connectivity index (χ1n) is 5.07. The minimum Gasteiger partial charge on any atom is -0.435 e. The molecule has 100 valence electrons. The normalized spacial score (nSPS) is 10.7. The summed E-state index contributed by atoms with van der Waals surface area (Å²) >= 11 is 5.71. The topological polar surface area (TPSA) is 70.1 Å². The average Bonchev–Trinajstić information content (AvgIpc) is 2.36. The summed E-state index contributed by atoms with van der Waals surface area (Å²) < 4.78 is 29.4. The third-order valence-electron chi connectivity index (χ3n) is 2.23. The molecule has 8 heteroatoms. The highest BCUT2D eigenvalue weighted by atomic mass is 35.5. The van der Waals surface area contributed by atoms with Crippen LogP contribution in [0.2, 0.25) is 5.02 Å². The van der Waals surface area contributed by atoms with Crippen LogP contribution < -0.4 is 16.0 Å². The first kappa shape index (κ1) is 13.3. The van der Waals surface area contributed by atoms with Crippen LogP contribution in [0.1, 0.15) is 0 Å². The molecule has 0 aliphatic rings. The minimum atomic E-state index is -2.95. The predicted octanol–water partition coefficient (Wildman–Crippen LogP) is 2.07. The molecule has 0 radical (unpaired) electrons. The largest absolute Gasteiger partial charge is 0.435 e. The van der Waals surface area contributed by atoms with Gasteiger partial charge < -0.3 is 10.5 Å². The Morgan fingerprint density at radius 2 is 2.16 bits per heavy atom. The highest BCUT2D eigenvalue weighted by molar-refractivity contribution is 6.32. The summed E-state index contributed by atoms with van der Waals surface area (Å²) in [5.74, 6) is -0.0888. The van der Waals surface area contributed by atoms with E-state index in [2.05, 4.69) is 9.84 Å². The van der Waals surface area contributed by atoms with Gasteiger partial charge >= 0.3 is 6.61 Å². The van der Waals surface area contributed by atoms with Crippen LogP contribution in [0, 0.1) is 0 Å². The number of hydrogen-bond acceptors (Lipinski definition) is 4. The standard InChI is InChI=1S/C11H8ClF2N3O2/c12-9-8(15)5-16-17(10(9)18)6-2-1-3-7(4-6)19-11(13)14/h1-5,11H,15H2. The molecule has 2 N–H and O–H groups in total. The molecular weight excluding hydrogens is 280 g/mol. The van der Waals surface area contributed by atoms with E-state index in [0.717, 1.165) is 4.68 Å². The number of hydrogen-bond donors (Lipinski definition) is 1. The Balaban J connectivity index is 2.48. The van der Waals surface area contributed by atoms with Crippen molar-refractivity contribution in [2.45, 2.75) is 6.61 Å². The second-order valence-corrected chi connectivity index (χ2v) is 3.88. The number of aromatic nitrogens is 2. The molecule has 0 saturated heterocycles. The molecule has 0 spiro atoms. The monoisotopic (exact) mass is 287 g/mol. The Hall–Kier alpha value is -2.15. The molecule has 2 aromatic rings. The number of rotatable bonds is 3. The lowest BCUT2D eigenvalue weighted by molar-refractivity contribution is -0.0498. The maximum Gasteiger partial charge on any atom is 0.387 e. The van der Waals surface area contributed by atoms with E-state index in [1.807, 2.05) is 0 Å². The quantitative estimate of drug-likeness (QED) is 0.938. The maximum absolute atomic E-state index is 12.1. The van der Waals surface area contributed by atoms with Crippen LogP contribution in [-0.4, -0.2) is 16.4 Å². The van der Waals surface area contributed by atoms with Crippen LogP contribution in [0.25, 0.3) is 5.69 Å². The van der Waals surface area contributed by atoms with Crippen molar-refractivity contribution in [3.63, 3.8) is 0 Å². The molecular formula is C11H8ClF2N3O2. The number of halogens is 3. The molecule has 1 aromatic heterocycles. The first-order valence-corrected chi connectivity index (χ1v) is 5.45. The molecule has 5 nitrogen and oxygen atoms in total. The van der Waals surface area contributed by atoms with Gasteiger partial charge in [0.1, 0.15) is 10.8 Å². The number of nitrogens with two attached hydrogens (primary N) is 1. The zero-order valence-electron chi connectivity index (χ0n) is 9.39. The summed E-state index contributed by atoms with van der Waals surface area (Å²) in [4.78, 5) is 11.8. The van der Waals surface area contributed by atoms with E-state index in [-0.39, 0.29) is 22.1 Å². The Kier molecular flexibility index (Phi) is 3.66. The van der Waals surface area contributed by atoms with E-state index < -0.39 is 12.2 Å². The van der Waals surface area contributed by atoms with Gasteiger partial charge in [0.15, 0.2) is 0 Å². The Bertz CT molecular complexity index is 661. The van der Waals surface area contributed by atoms with Gasteiger partial charge in [-0.15, -0.1) is 0 Å². The lowest BCUT2D eigenvalue weighted by atomic mass is 10.3. The fraction of sp³-hybridized carbons (Fsp3) is 0.0909. The second kappa shape index (κ2) is 5.23. The van der Waals surface area contributed by atoms with Crippen molar-refractivity contribution >= 4 is 17.3 Å². The van der Waals surface area contributed by atoms with Crippen LogP contribution in [0.4, 0.5) is 14.5 Å². The summed E-state index contributed by atoms with van der Waals surface area (Å²) in [5.41, 5.74) is 5.07. The molecule has 19 heavy (non-hydrogen) atoms. The van der Waals surface area contributed by atoms with Gasteiger partial charge in [-0.3, -0.25) is 4.79 Å². The molecule has 0 aliphatic carbocycles. The lowest BCUT2D eigenvalue weighted by Crippen LogP contribution is -2.22. The summed E-state index contributed by atoms with van der Waals surface area (Å²) in [6, 6.07) is 5.53. The fourth-order valence-corrected chi connectivity index (χ4v) is 1.55. The van der Waals surface area contributed by atoms with Crippen LogP contribution in [0.5, 0.6) is 5.75 Å². The highest BCUT2D eigenvalue weighted by Crippen LogP contribution is 2.18. The third kappa shape index (κ3) is 2.82. The van der Waals surface area contributed by atoms with E-state index in [1.165, 1.54) is 30.5 Å². The number of benzene rings is 1. The van der Waals surface area contributed by atoms with E-state index >= 15 is 0 Å². The summed E-state index contributed by atoms with van der Waals surface area (Å²) in [5, 5.41) is 3.60. The van der Waals surface area contributed by atoms with Gasteiger partial charge in [0, 0.05) is 6.07 Å². The molecule has 1 heterocycles. The van der Waals surface area contributed by atoms with Crippen LogP contribution >= 0.6 is 11.6 Å². The number of nitrogen functional groups attached to an aromatic ring is 1. The minimum absolute atomic E-state index is 0.0444. The zero-order valence-corrected chi connectivity index (χ0v) is 10.1. The molecule has 2 rings (SSSR count). The van der Waals surface area contributed by atoms with Crippen molar-refractivity contribution < 1.29 is 13.5 Å². The van der Waals surface area contributed by atoms with E-state index in [1.54, 1.807) is 0 Å². The van der Waals surface area contributed by atoms with E-state index in [4.69, 9.17) is 17.3 Å². The second-order valence-electron chi connectivity index (χ2n) is 3.51. The Morgan fingerprint density at radius 1 is 1.42 bits per heavy atom. The van der Waals surface area contributed by atoms with E-state index in [9.17, 15) is 13.6 Å². The smallest absolute Gasteiger partial charge is 0.387 e. The number of nitrogens with zero attached hydrogens (tertiary/aromatic N) is 2. The Labute approximate surface area is 111 Å². The van der Waals surface area contributed by atoms with Crippen molar-refractivity contribution in [1.82, 2.24) is 9.78 Å². The summed E-state index contributed by atoms with van der Waals surface area (Å²) in [7, 11) is 0. The van der Waals surface area contributed by atoms with Gasteiger partial charge in [-0.25, -0.2) is 0 Å². The average molecular weight is 288 g/mol. The highest BCUT2D eigenvalue weighted by Gasteiger charge is 2.10. The number of ether oxygens (including phenoxy) is 1. The van der Waals surface area contributed by atoms with Crippen molar-refractivity contribution in [3.05, 3.63) is 45.8 Å². The van der Waals surface area contributed by atoms with E-state index in [0.29, 0.717) is 0 Å². The molecule has 0 atom stereocenters. The lowest BCUT2D eigenvalue weighted by Gasteiger charge is -2.08.